The topological polar surface area (TPSA) is 49.3 Å². The summed E-state index contributed by atoms with van der Waals surface area (Å²) in [5.74, 6) is 0. The number of amides is 1. The van der Waals surface area contributed by atoms with Crippen LogP contribution in [-0.2, 0) is 0 Å². The molecule has 0 aromatic heterocycles. The Bertz CT molecular complexity index is 110. The average molecular weight is 129 g/mol. The molecule has 0 aromatic carbocycles. The second-order valence-electron chi connectivity index (χ2n) is 1.59. The Morgan fingerprint density at radius 1 is 1.78 bits per heavy atom. The zero-order valence-corrected chi connectivity index (χ0v) is 5.42. The molecule has 0 spiro atoms. The maximum atomic E-state index is 9.83. The molecule has 0 unspecified atom stereocenters. The van der Waals surface area contributed by atoms with E-state index in [1.807, 2.05) is 19.1 Å². The second kappa shape index (κ2) is 5.15. The molecule has 0 heterocycles. The lowest BCUT2D eigenvalue weighted by Crippen LogP contribution is -2.21. The predicted molar refractivity (Wildman–Crippen MR) is 35.5 cm³/mol. The van der Waals surface area contributed by atoms with Gasteiger partial charge in [-0.25, -0.2) is 4.79 Å². The van der Waals surface area contributed by atoms with E-state index in [1.165, 1.54) is 0 Å². The predicted octanol–water partition coefficient (Wildman–Crippen LogP) is 1.22. The zero-order valence-electron chi connectivity index (χ0n) is 5.42. The first kappa shape index (κ1) is 8.01. The molecule has 52 valence electrons. The fraction of sp³-hybridized carbons (Fsp3) is 0.500. The molecule has 0 saturated heterocycles. The van der Waals surface area contributed by atoms with Crippen LogP contribution >= 0.6 is 0 Å². The van der Waals surface area contributed by atoms with Crippen LogP contribution in [0.2, 0.25) is 0 Å². The van der Waals surface area contributed by atoms with Crippen LogP contribution in [0.25, 0.3) is 0 Å². The summed E-state index contributed by atoms with van der Waals surface area (Å²) in [6.07, 6.45) is 3.61. The highest BCUT2D eigenvalue weighted by molar-refractivity contribution is 5.64. The van der Waals surface area contributed by atoms with E-state index in [2.05, 4.69) is 5.32 Å². The highest BCUT2D eigenvalue weighted by atomic mass is 16.4. The molecule has 0 aliphatic heterocycles. The molecule has 2 N–H and O–H groups in total. The minimum Gasteiger partial charge on any atom is -0.465 e. The summed E-state index contributed by atoms with van der Waals surface area (Å²) in [7, 11) is 0. The van der Waals surface area contributed by atoms with Gasteiger partial charge < -0.3 is 10.4 Å². The SMILES string of the molecule is CC=CCCNC(=O)O. The lowest BCUT2D eigenvalue weighted by atomic mass is 10.4. The van der Waals surface area contributed by atoms with Crippen molar-refractivity contribution in [2.24, 2.45) is 0 Å². The van der Waals surface area contributed by atoms with Gasteiger partial charge in [-0.2, -0.15) is 0 Å². The number of nitrogens with one attached hydrogen (secondary N) is 1. The van der Waals surface area contributed by atoms with Crippen LogP contribution in [0, 0.1) is 0 Å². The van der Waals surface area contributed by atoms with Crippen molar-refractivity contribution < 1.29 is 9.90 Å². The van der Waals surface area contributed by atoms with E-state index < -0.39 is 6.09 Å². The third-order valence-electron chi connectivity index (χ3n) is 0.823. The van der Waals surface area contributed by atoms with Gasteiger partial charge >= 0.3 is 6.09 Å². The summed E-state index contributed by atoms with van der Waals surface area (Å²) in [5, 5.41) is 10.3. The molecule has 9 heavy (non-hydrogen) atoms. The zero-order chi connectivity index (χ0) is 7.11. The fourth-order valence-corrected chi connectivity index (χ4v) is 0.429. The van der Waals surface area contributed by atoms with E-state index in [9.17, 15) is 4.79 Å². The van der Waals surface area contributed by atoms with Crippen LogP contribution in [0.3, 0.4) is 0 Å². The van der Waals surface area contributed by atoms with Crippen molar-refractivity contribution >= 4 is 6.09 Å². The lowest BCUT2D eigenvalue weighted by molar-refractivity contribution is 0.194. The average Bonchev–Trinajstić information content (AvgIpc) is 1.80. The first-order valence-electron chi connectivity index (χ1n) is 2.85. The summed E-state index contributed by atoms with van der Waals surface area (Å²) >= 11 is 0. The maximum absolute atomic E-state index is 9.83. The molecular weight excluding hydrogens is 118 g/mol. The highest BCUT2D eigenvalue weighted by Crippen LogP contribution is 1.78. The molecule has 3 nitrogen and oxygen atoms in total. The smallest absolute Gasteiger partial charge is 0.404 e. The minimum absolute atomic E-state index is 0.500. The van der Waals surface area contributed by atoms with Crippen molar-refractivity contribution in [2.45, 2.75) is 13.3 Å². The third-order valence-corrected chi connectivity index (χ3v) is 0.823. The molecule has 0 aliphatic rings. The molecule has 0 saturated carbocycles. The molecule has 3 heteroatoms. The number of allylic oxidation sites excluding steroid dienone is 1. The van der Waals surface area contributed by atoms with Gasteiger partial charge in [0.2, 0.25) is 0 Å². The summed E-state index contributed by atoms with van der Waals surface area (Å²) in [5.41, 5.74) is 0. The van der Waals surface area contributed by atoms with Gasteiger partial charge in [-0.1, -0.05) is 12.2 Å². The van der Waals surface area contributed by atoms with Crippen LogP contribution in [0.4, 0.5) is 4.79 Å². The molecule has 0 aromatic rings. The standard InChI is InChI=1S/C6H11NO2/c1-2-3-4-5-7-6(8)9/h2-3,7H,4-5H2,1H3,(H,8,9). The molecule has 0 rings (SSSR count). The van der Waals surface area contributed by atoms with E-state index in [4.69, 9.17) is 5.11 Å². The first-order chi connectivity index (χ1) is 4.27. The lowest BCUT2D eigenvalue weighted by Gasteiger charge is -1.93. The molecule has 0 radical (unpaired) electrons. The van der Waals surface area contributed by atoms with Gasteiger partial charge in [0.25, 0.3) is 0 Å². The van der Waals surface area contributed by atoms with Crippen molar-refractivity contribution in [3.05, 3.63) is 12.2 Å². The fourth-order valence-electron chi connectivity index (χ4n) is 0.429. The largest absolute Gasteiger partial charge is 0.465 e. The number of rotatable bonds is 3. The van der Waals surface area contributed by atoms with E-state index in [0.29, 0.717) is 6.54 Å². The number of hydrogen-bond donors (Lipinski definition) is 2. The van der Waals surface area contributed by atoms with Crippen molar-refractivity contribution in [1.29, 1.82) is 0 Å². The van der Waals surface area contributed by atoms with Gasteiger partial charge in [-0.05, 0) is 13.3 Å². The monoisotopic (exact) mass is 129 g/mol. The molecule has 0 bridgehead atoms. The molecular formula is C6H11NO2. The maximum Gasteiger partial charge on any atom is 0.404 e. The van der Waals surface area contributed by atoms with Crippen LogP contribution < -0.4 is 5.32 Å². The molecule has 0 atom stereocenters. The summed E-state index contributed by atoms with van der Waals surface area (Å²) in [4.78, 5) is 9.83. The van der Waals surface area contributed by atoms with Crippen molar-refractivity contribution in [3.63, 3.8) is 0 Å². The van der Waals surface area contributed by atoms with Crippen molar-refractivity contribution in [3.8, 4) is 0 Å². The Labute approximate surface area is 54.4 Å². The van der Waals surface area contributed by atoms with Crippen LogP contribution in [0.1, 0.15) is 13.3 Å². The summed E-state index contributed by atoms with van der Waals surface area (Å²) < 4.78 is 0. The van der Waals surface area contributed by atoms with Gasteiger partial charge in [0.1, 0.15) is 0 Å². The van der Waals surface area contributed by atoms with E-state index in [1.54, 1.807) is 0 Å². The Balaban J connectivity index is 3.01. The number of hydrogen-bond acceptors (Lipinski definition) is 1. The number of carboxylic acid groups (broad SMARTS) is 1. The minimum atomic E-state index is -0.959. The Morgan fingerprint density at radius 3 is 2.89 bits per heavy atom. The highest BCUT2D eigenvalue weighted by Gasteiger charge is 1.88. The molecule has 0 aliphatic carbocycles. The van der Waals surface area contributed by atoms with Gasteiger partial charge in [0.15, 0.2) is 0 Å². The Kier molecular flexibility index (Phi) is 4.59. The van der Waals surface area contributed by atoms with Crippen molar-refractivity contribution in [1.82, 2.24) is 5.32 Å². The summed E-state index contributed by atoms with van der Waals surface area (Å²) in [6.45, 7) is 2.40. The number of carbonyl (C=O) groups is 1. The van der Waals surface area contributed by atoms with E-state index >= 15 is 0 Å². The molecule has 1 amide bonds. The first-order valence-corrected chi connectivity index (χ1v) is 2.85. The third kappa shape index (κ3) is 7.01. The van der Waals surface area contributed by atoms with Crippen molar-refractivity contribution in [2.75, 3.05) is 6.54 Å². The Morgan fingerprint density at radius 2 is 2.44 bits per heavy atom. The quantitative estimate of drug-likeness (QED) is 0.444. The van der Waals surface area contributed by atoms with E-state index in [0.717, 1.165) is 6.42 Å². The van der Waals surface area contributed by atoms with Crippen LogP contribution in [0.15, 0.2) is 12.2 Å². The van der Waals surface area contributed by atoms with Gasteiger partial charge in [0, 0.05) is 6.54 Å². The van der Waals surface area contributed by atoms with E-state index in [-0.39, 0.29) is 0 Å². The Hall–Kier alpha value is -0.990. The molecule has 0 fully saturated rings. The van der Waals surface area contributed by atoms with Gasteiger partial charge in [-0.3, -0.25) is 0 Å². The van der Waals surface area contributed by atoms with Crippen LogP contribution in [0.5, 0.6) is 0 Å². The normalized spacial score (nSPS) is 9.89. The van der Waals surface area contributed by atoms with Gasteiger partial charge in [-0.15, -0.1) is 0 Å². The van der Waals surface area contributed by atoms with Crippen LogP contribution in [-0.4, -0.2) is 17.7 Å². The van der Waals surface area contributed by atoms with Gasteiger partial charge in [0.05, 0.1) is 0 Å². The second-order valence-corrected chi connectivity index (χ2v) is 1.59. The summed E-state index contributed by atoms with van der Waals surface area (Å²) in [6, 6.07) is 0.